The van der Waals surface area contributed by atoms with E-state index in [1.807, 2.05) is 13.8 Å². The average molecular weight is 196 g/mol. The van der Waals surface area contributed by atoms with Gasteiger partial charge in [-0.15, -0.1) is 0 Å². The maximum atomic E-state index is 12.3. The summed E-state index contributed by atoms with van der Waals surface area (Å²) < 4.78 is 49.0. The molecule has 0 atom stereocenters. The van der Waals surface area contributed by atoms with Crippen molar-refractivity contribution in [2.45, 2.75) is 13.8 Å². The van der Waals surface area contributed by atoms with Gasteiger partial charge >= 0.3 is 0 Å². The van der Waals surface area contributed by atoms with Crippen LogP contribution in [0.1, 0.15) is 13.8 Å². The van der Waals surface area contributed by atoms with E-state index in [1.54, 1.807) is 0 Å². The lowest BCUT2D eigenvalue weighted by Crippen LogP contribution is -2.43. The van der Waals surface area contributed by atoms with Crippen LogP contribution in [0.4, 0.5) is 23.2 Å². The third kappa shape index (κ3) is 2.42. The lowest BCUT2D eigenvalue weighted by atomic mass is 10.3. The molecule has 0 saturated heterocycles. The largest absolute Gasteiger partial charge is 0.320 e. The van der Waals surface area contributed by atoms with Crippen LogP contribution < -0.4 is 5.73 Å². The van der Waals surface area contributed by atoms with Crippen molar-refractivity contribution in [2.24, 2.45) is 0 Å². The van der Waals surface area contributed by atoms with Gasteiger partial charge in [-0.25, -0.2) is 13.2 Å². The number of quaternary nitrogens is 1. The van der Waals surface area contributed by atoms with Crippen LogP contribution in [0.2, 0.25) is 0 Å². The molecule has 1 aromatic carbocycles. The average Bonchev–Trinajstić information content (AvgIpc) is 2.15. The van der Waals surface area contributed by atoms with Crippen LogP contribution in [0.25, 0.3) is 0 Å². The molecule has 0 aromatic heterocycles. The van der Waals surface area contributed by atoms with E-state index in [4.69, 9.17) is 0 Å². The lowest BCUT2D eigenvalue weighted by Gasteiger charge is -1.96. The Kier molecular flexibility index (Phi) is 4.40. The van der Waals surface area contributed by atoms with Crippen molar-refractivity contribution in [1.29, 1.82) is 0 Å². The molecule has 0 saturated carbocycles. The minimum absolute atomic E-state index is 0.251. The van der Waals surface area contributed by atoms with Crippen molar-refractivity contribution < 1.29 is 23.3 Å². The Labute approximate surface area is 73.2 Å². The molecule has 1 aromatic rings. The van der Waals surface area contributed by atoms with E-state index in [0.29, 0.717) is 0 Å². The topological polar surface area (TPSA) is 27.6 Å². The minimum atomic E-state index is -1.70. The number of benzene rings is 1. The number of hydrogen-bond acceptors (Lipinski definition) is 0. The predicted molar refractivity (Wildman–Crippen MR) is 40.2 cm³/mol. The smallest absolute Gasteiger partial charge is 0.225 e. The second kappa shape index (κ2) is 4.81. The summed E-state index contributed by atoms with van der Waals surface area (Å²) in [6.45, 7) is 4.00. The van der Waals surface area contributed by atoms with E-state index in [9.17, 15) is 17.6 Å². The Balaban J connectivity index is 0.000000671. The highest BCUT2D eigenvalue weighted by molar-refractivity contribution is 5.32. The van der Waals surface area contributed by atoms with Crippen molar-refractivity contribution >= 4 is 5.69 Å². The van der Waals surface area contributed by atoms with Gasteiger partial charge in [0.15, 0.2) is 11.6 Å². The van der Waals surface area contributed by atoms with Crippen LogP contribution >= 0.6 is 0 Å². The molecule has 0 heterocycles. The molecule has 5 heteroatoms. The van der Waals surface area contributed by atoms with E-state index in [2.05, 4.69) is 5.73 Å². The second-order valence-electron chi connectivity index (χ2n) is 1.95. The summed E-state index contributed by atoms with van der Waals surface area (Å²) in [6.07, 6.45) is 0. The van der Waals surface area contributed by atoms with Crippen LogP contribution in [0.15, 0.2) is 6.07 Å². The Bertz CT molecular complexity index is 272. The van der Waals surface area contributed by atoms with Gasteiger partial charge in [0.1, 0.15) is 0 Å². The van der Waals surface area contributed by atoms with Crippen LogP contribution in [0.3, 0.4) is 0 Å². The highest BCUT2D eigenvalue weighted by Gasteiger charge is 2.18. The summed E-state index contributed by atoms with van der Waals surface area (Å²) >= 11 is 0. The van der Waals surface area contributed by atoms with Gasteiger partial charge < -0.3 is 5.73 Å². The quantitative estimate of drug-likeness (QED) is 0.374. The summed E-state index contributed by atoms with van der Waals surface area (Å²) in [7, 11) is 0. The van der Waals surface area contributed by atoms with Crippen molar-refractivity contribution in [1.82, 2.24) is 0 Å². The maximum Gasteiger partial charge on any atom is 0.225 e. The Hall–Kier alpha value is -1.10. The van der Waals surface area contributed by atoms with Gasteiger partial charge in [-0.1, -0.05) is 13.8 Å². The van der Waals surface area contributed by atoms with E-state index in [1.165, 1.54) is 0 Å². The summed E-state index contributed by atoms with van der Waals surface area (Å²) in [4.78, 5) is 0. The highest BCUT2D eigenvalue weighted by atomic mass is 19.2. The molecule has 0 bridgehead atoms. The SMILES string of the molecule is CC.[NH3+]c1c(F)cc(F)c(F)c1F. The first-order chi connectivity index (χ1) is 6.04. The molecule has 1 rings (SSSR count). The molecule has 0 aliphatic heterocycles. The summed E-state index contributed by atoms with van der Waals surface area (Å²) in [5, 5.41) is 0. The second-order valence-corrected chi connectivity index (χ2v) is 1.95. The molecule has 1 nitrogen and oxygen atoms in total. The van der Waals surface area contributed by atoms with Gasteiger partial charge in [-0.3, -0.25) is 0 Å². The fourth-order valence-corrected chi connectivity index (χ4v) is 0.604. The number of halogens is 4. The van der Waals surface area contributed by atoms with Gasteiger partial charge in [0.25, 0.3) is 0 Å². The minimum Gasteiger partial charge on any atom is -0.320 e. The molecule has 0 radical (unpaired) electrons. The van der Waals surface area contributed by atoms with E-state index in [0.717, 1.165) is 0 Å². The molecule has 0 aliphatic rings. The molecule has 0 fully saturated rings. The third-order valence-corrected chi connectivity index (χ3v) is 1.21. The molecular formula is C8H10F4N+. The zero-order valence-electron chi connectivity index (χ0n) is 7.30. The van der Waals surface area contributed by atoms with E-state index < -0.39 is 29.0 Å². The van der Waals surface area contributed by atoms with Crippen LogP contribution in [-0.2, 0) is 0 Å². The Morgan fingerprint density at radius 1 is 0.923 bits per heavy atom. The third-order valence-electron chi connectivity index (χ3n) is 1.21. The molecule has 0 amide bonds. The van der Waals surface area contributed by atoms with Crippen LogP contribution in [0.5, 0.6) is 0 Å². The normalized spacial score (nSPS) is 9.15. The first-order valence-electron chi connectivity index (χ1n) is 3.69. The standard InChI is InChI=1S/C6H3F4N.C2H6/c7-2-1-3(8)6(11)5(10)4(2)9;1-2/h1H,11H2;1-2H3/p+1. The van der Waals surface area contributed by atoms with E-state index >= 15 is 0 Å². The van der Waals surface area contributed by atoms with Crippen LogP contribution in [0, 0.1) is 23.3 Å². The van der Waals surface area contributed by atoms with Gasteiger partial charge in [-0.05, 0) is 0 Å². The molecule has 3 N–H and O–H groups in total. The number of rotatable bonds is 0. The molecule has 74 valence electrons. The maximum absolute atomic E-state index is 12.3. The lowest BCUT2D eigenvalue weighted by molar-refractivity contribution is -0.263. The number of hydrogen-bond donors (Lipinski definition) is 1. The van der Waals surface area contributed by atoms with Gasteiger partial charge in [0, 0.05) is 6.07 Å². The molecule has 0 spiro atoms. The molecule has 0 aliphatic carbocycles. The van der Waals surface area contributed by atoms with Gasteiger partial charge in [-0.2, -0.15) is 4.39 Å². The molecular weight excluding hydrogens is 186 g/mol. The van der Waals surface area contributed by atoms with E-state index in [-0.39, 0.29) is 6.07 Å². The van der Waals surface area contributed by atoms with Crippen LogP contribution in [-0.4, -0.2) is 0 Å². The van der Waals surface area contributed by atoms with Crippen molar-refractivity contribution in [3.63, 3.8) is 0 Å². The summed E-state index contributed by atoms with van der Waals surface area (Å²) in [5.74, 6) is -6.02. The Morgan fingerprint density at radius 3 is 1.85 bits per heavy atom. The molecule has 0 unspecified atom stereocenters. The summed E-state index contributed by atoms with van der Waals surface area (Å²) in [6, 6.07) is 0.251. The van der Waals surface area contributed by atoms with Crippen molar-refractivity contribution in [3.05, 3.63) is 29.3 Å². The summed E-state index contributed by atoms with van der Waals surface area (Å²) in [5.41, 5.74) is 2.10. The monoisotopic (exact) mass is 196 g/mol. The fourth-order valence-electron chi connectivity index (χ4n) is 0.604. The highest BCUT2D eigenvalue weighted by Crippen LogP contribution is 2.18. The van der Waals surface area contributed by atoms with Gasteiger partial charge in [0.05, 0.1) is 0 Å². The zero-order chi connectivity index (χ0) is 10.6. The van der Waals surface area contributed by atoms with Crippen molar-refractivity contribution in [3.8, 4) is 0 Å². The fraction of sp³-hybridized carbons (Fsp3) is 0.250. The zero-order valence-corrected chi connectivity index (χ0v) is 7.30. The Morgan fingerprint density at radius 2 is 1.38 bits per heavy atom. The van der Waals surface area contributed by atoms with Gasteiger partial charge in [0.2, 0.25) is 17.3 Å². The first kappa shape index (κ1) is 11.9. The molecule has 13 heavy (non-hydrogen) atoms. The van der Waals surface area contributed by atoms with Crippen molar-refractivity contribution in [2.75, 3.05) is 0 Å². The predicted octanol–water partition coefficient (Wildman–Crippen LogP) is 2.14. The first-order valence-corrected chi connectivity index (χ1v) is 3.69.